The van der Waals surface area contributed by atoms with Gasteiger partial charge in [-0.15, -0.1) is 0 Å². The van der Waals surface area contributed by atoms with Gasteiger partial charge in [0.15, 0.2) is 0 Å². The Labute approximate surface area is 233 Å². The lowest BCUT2D eigenvalue weighted by Crippen LogP contribution is -2.02. The molecule has 1 N–H and O–H groups in total. The van der Waals surface area contributed by atoms with Gasteiger partial charge in [0.05, 0.1) is 34.4 Å². The van der Waals surface area contributed by atoms with Crippen molar-refractivity contribution in [2.24, 2.45) is 0 Å². The van der Waals surface area contributed by atoms with Gasteiger partial charge in [0, 0.05) is 26.3 Å². The Morgan fingerprint density at radius 1 is 0.943 bits per heavy atom. The molecular weight excluding hydrogens is 617 g/mol. The highest BCUT2D eigenvalue weighted by Crippen LogP contribution is 2.29. The Kier molecular flexibility index (Phi) is 12.1. The van der Waals surface area contributed by atoms with E-state index in [1.165, 1.54) is 6.33 Å². The average Bonchev–Trinajstić information content (AvgIpc) is 2.82. The lowest BCUT2D eigenvalue weighted by atomic mass is 10.1. The molecule has 0 bridgehead atoms. The van der Waals surface area contributed by atoms with Gasteiger partial charge in [-0.3, -0.25) is 0 Å². The number of hydrogen-bond acceptors (Lipinski definition) is 5. The van der Waals surface area contributed by atoms with E-state index in [4.69, 9.17) is 32.7 Å². The van der Waals surface area contributed by atoms with Crippen LogP contribution in [0.2, 0.25) is 10.0 Å². The molecule has 0 aliphatic carbocycles. The van der Waals surface area contributed by atoms with Gasteiger partial charge < -0.3 is 14.8 Å². The highest BCUT2D eigenvalue weighted by Gasteiger charge is 2.11. The maximum absolute atomic E-state index is 6.16. The minimum Gasteiger partial charge on any atom is -0.501 e. The number of hydrogen-bond donors (Lipinski definition) is 1. The summed E-state index contributed by atoms with van der Waals surface area (Å²) in [5.74, 6) is 2.00. The first kappa shape index (κ1) is 29.2. The summed E-state index contributed by atoms with van der Waals surface area (Å²) in [6.45, 7) is 8.16. The largest absolute Gasteiger partial charge is 0.501 e. The molecule has 2 aromatic carbocycles. The second-order valence-corrected chi connectivity index (χ2v) is 9.70. The summed E-state index contributed by atoms with van der Waals surface area (Å²) >= 11 is 19.2. The molecule has 5 nitrogen and oxygen atoms in total. The molecule has 3 rings (SSSR count). The fourth-order valence-electron chi connectivity index (χ4n) is 2.86. The van der Waals surface area contributed by atoms with Crippen molar-refractivity contribution in [2.45, 2.75) is 34.3 Å². The number of benzene rings is 2. The molecule has 0 saturated heterocycles. The van der Waals surface area contributed by atoms with Crippen molar-refractivity contribution in [3.05, 3.63) is 90.1 Å². The molecule has 0 unspecified atom stereocenters. The van der Waals surface area contributed by atoms with Crippen molar-refractivity contribution in [3.63, 3.8) is 0 Å². The first-order valence-corrected chi connectivity index (χ1v) is 13.1. The van der Waals surface area contributed by atoms with Crippen LogP contribution in [0.25, 0.3) is 12.2 Å². The second-order valence-electron chi connectivity index (χ2n) is 7.06. The molecule has 1 heterocycles. The summed E-state index contributed by atoms with van der Waals surface area (Å²) in [5, 5.41) is 4.21. The van der Waals surface area contributed by atoms with Gasteiger partial charge in [0.1, 0.15) is 18.8 Å². The number of methoxy groups -OCH3 is 1. The lowest BCUT2D eigenvalue weighted by molar-refractivity contribution is 0.204. The Bertz CT molecular complexity index is 1200. The van der Waals surface area contributed by atoms with Gasteiger partial charge in [-0.1, -0.05) is 68.9 Å². The molecule has 0 aliphatic rings. The van der Waals surface area contributed by atoms with Gasteiger partial charge in [0.2, 0.25) is 0 Å². The third-order valence-corrected chi connectivity index (χ3v) is 6.15. The third-order valence-electron chi connectivity index (χ3n) is 4.50. The Balaban J connectivity index is 0.00000210. The number of halogens is 4. The lowest BCUT2D eigenvalue weighted by Gasteiger charge is -2.13. The summed E-state index contributed by atoms with van der Waals surface area (Å²) in [6, 6.07) is 11.3. The van der Waals surface area contributed by atoms with Gasteiger partial charge in [-0.05, 0) is 61.9 Å². The van der Waals surface area contributed by atoms with Crippen LogP contribution < -0.4 is 5.32 Å². The number of ether oxygens (including phenoxy) is 2. The van der Waals surface area contributed by atoms with Crippen LogP contribution in [0.3, 0.4) is 0 Å². The van der Waals surface area contributed by atoms with E-state index >= 15 is 0 Å². The first-order chi connectivity index (χ1) is 16.7. The molecular formula is C26H27Br2Cl2N3O2. The van der Waals surface area contributed by atoms with Crippen molar-refractivity contribution >= 4 is 78.7 Å². The summed E-state index contributed by atoms with van der Waals surface area (Å²) in [4.78, 5) is 8.87. The van der Waals surface area contributed by atoms with E-state index in [0.717, 1.165) is 25.8 Å². The summed E-state index contributed by atoms with van der Waals surface area (Å²) in [5.41, 5.74) is 3.20. The molecule has 0 aliphatic heterocycles. The van der Waals surface area contributed by atoms with Crippen molar-refractivity contribution in [2.75, 3.05) is 12.4 Å². The van der Waals surface area contributed by atoms with Crippen LogP contribution in [0.4, 0.5) is 11.5 Å². The van der Waals surface area contributed by atoms with Crippen molar-refractivity contribution in [1.29, 1.82) is 0 Å². The van der Waals surface area contributed by atoms with Gasteiger partial charge in [-0.25, -0.2) is 9.97 Å². The molecule has 186 valence electrons. The highest BCUT2D eigenvalue weighted by molar-refractivity contribution is 9.11. The predicted molar refractivity (Wildman–Crippen MR) is 154 cm³/mol. The number of nitrogens with one attached hydrogen (secondary N) is 1. The topological polar surface area (TPSA) is 56.3 Å². The molecule has 0 saturated carbocycles. The van der Waals surface area contributed by atoms with Crippen LogP contribution in [0.15, 0.2) is 63.2 Å². The number of aromatic nitrogens is 2. The Hall–Kier alpha value is -2.06. The minimum atomic E-state index is 0.419. The first-order valence-electron chi connectivity index (χ1n) is 10.8. The zero-order chi connectivity index (χ0) is 26.0. The van der Waals surface area contributed by atoms with Crippen LogP contribution in [0.5, 0.6) is 0 Å². The molecule has 3 aromatic rings. The number of rotatable bonds is 8. The van der Waals surface area contributed by atoms with Crippen molar-refractivity contribution in [3.8, 4) is 0 Å². The fraction of sp³-hybridized carbons (Fsp3) is 0.231. The van der Waals surface area contributed by atoms with Crippen LogP contribution >= 0.6 is 55.1 Å². The van der Waals surface area contributed by atoms with Crippen molar-refractivity contribution < 1.29 is 9.47 Å². The van der Waals surface area contributed by atoms with E-state index in [9.17, 15) is 0 Å². The summed E-state index contributed by atoms with van der Waals surface area (Å²) < 4.78 is 13.3. The minimum absolute atomic E-state index is 0.419. The Morgan fingerprint density at radius 3 is 2.26 bits per heavy atom. The normalized spacial score (nSPS) is 11.5. The maximum atomic E-state index is 6.16. The third kappa shape index (κ3) is 9.15. The highest BCUT2D eigenvalue weighted by atomic mass is 79.9. The zero-order valence-electron chi connectivity index (χ0n) is 20.1. The van der Waals surface area contributed by atoms with E-state index in [1.807, 2.05) is 64.1 Å². The molecule has 0 fully saturated rings. The van der Waals surface area contributed by atoms with Crippen molar-refractivity contribution in [1.82, 2.24) is 9.97 Å². The van der Waals surface area contributed by atoms with Crippen LogP contribution in [0, 0.1) is 0 Å². The number of allylic oxidation sites excluding steroid dienone is 2. The number of anilines is 2. The summed E-state index contributed by atoms with van der Waals surface area (Å²) in [7, 11) is 1.61. The molecule has 0 amide bonds. The van der Waals surface area contributed by atoms with E-state index in [2.05, 4.69) is 47.1 Å². The van der Waals surface area contributed by atoms with E-state index in [-0.39, 0.29) is 0 Å². The predicted octanol–water partition coefficient (Wildman–Crippen LogP) is 9.66. The fourth-order valence-corrected chi connectivity index (χ4v) is 4.55. The zero-order valence-corrected chi connectivity index (χ0v) is 24.8. The smallest absolute Gasteiger partial charge is 0.141 e. The van der Waals surface area contributed by atoms with Gasteiger partial charge >= 0.3 is 0 Å². The molecule has 9 heteroatoms. The molecule has 35 heavy (non-hydrogen) atoms. The van der Waals surface area contributed by atoms with Gasteiger partial charge in [-0.2, -0.15) is 0 Å². The van der Waals surface area contributed by atoms with E-state index < -0.39 is 0 Å². The molecule has 0 atom stereocenters. The molecule has 0 radical (unpaired) electrons. The molecule has 0 spiro atoms. The standard InChI is InChI=1S/C24H21Br2Cl2N3O2.C2H6/c1-14(32-3)6-20-23(7-15(2)33-12-16-8-17(25)10-18(26)9-16)29-13-30-24(20)31-19-4-5-21(27)22(28)11-19;1-2/h4-11,13H,12H2,1-3H3,(H,29,30,31);1-2H3/b14-6+,15-7+;. The van der Waals surface area contributed by atoms with Crippen LogP contribution in [0.1, 0.15) is 44.5 Å². The molecule has 1 aromatic heterocycles. The van der Waals surface area contributed by atoms with Crippen LogP contribution in [-0.2, 0) is 16.1 Å². The quantitative estimate of drug-likeness (QED) is 0.248. The second kappa shape index (κ2) is 14.5. The maximum Gasteiger partial charge on any atom is 0.141 e. The van der Waals surface area contributed by atoms with Crippen LogP contribution in [-0.4, -0.2) is 17.1 Å². The monoisotopic (exact) mass is 641 g/mol. The summed E-state index contributed by atoms with van der Waals surface area (Å²) in [6.07, 6.45) is 5.22. The SMILES string of the molecule is CC.CO/C(C)=C/c1c(/C=C(\C)OCc2cc(Br)cc(Br)c2)ncnc1Nc1ccc(Cl)c(Cl)c1. The Morgan fingerprint density at radius 2 is 1.63 bits per heavy atom. The van der Waals surface area contributed by atoms with Gasteiger partial charge in [0.25, 0.3) is 0 Å². The number of nitrogens with zero attached hydrogens (tertiary/aromatic N) is 2. The average molecular weight is 644 g/mol. The van der Waals surface area contributed by atoms with E-state index in [1.54, 1.807) is 19.2 Å². The van der Waals surface area contributed by atoms with E-state index in [0.29, 0.717) is 39.7 Å².